The molecule has 0 spiro atoms. The largest absolute Gasteiger partial charge is 0.263 e. The first kappa shape index (κ1) is 18.4. The van der Waals surface area contributed by atoms with Crippen LogP contribution in [0, 0.1) is 17.1 Å². The number of nitriles is 1. The Labute approximate surface area is 171 Å². The summed E-state index contributed by atoms with van der Waals surface area (Å²) in [6.07, 6.45) is 6.92. The molecule has 5 rings (SSSR count). The second-order valence-corrected chi connectivity index (χ2v) is 7.80. The Balaban J connectivity index is 0.000000177. The van der Waals surface area contributed by atoms with E-state index >= 15 is 0 Å². The van der Waals surface area contributed by atoms with Crippen LogP contribution in [-0.2, 0) is 0 Å². The third kappa shape index (κ3) is 3.68. The van der Waals surface area contributed by atoms with E-state index in [1.54, 1.807) is 36.0 Å². The van der Waals surface area contributed by atoms with E-state index < -0.39 is 5.82 Å². The first-order chi connectivity index (χ1) is 13.7. The van der Waals surface area contributed by atoms with Crippen LogP contribution in [0.15, 0.2) is 54.6 Å². The van der Waals surface area contributed by atoms with Gasteiger partial charge in [-0.2, -0.15) is 5.26 Å². The molecule has 5 nitrogen and oxygen atoms in total. The van der Waals surface area contributed by atoms with Crippen molar-refractivity contribution < 1.29 is 4.39 Å². The molecule has 1 aromatic carbocycles. The zero-order valence-electron chi connectivity index (χ0n) is 14.0. The van der Waals surface area contributed by atoms with E-state index in [1.165, 1.54) is 17.4 Å². The molecule has 0 aliphatic rings. The molecule has 0 radical (unpaired) electrons. The molecule has 4 aromatic heterocycles. The van der Waals surface area contributed by atoms with Crippen molar-refractivity contribution in [3.8, 4) is 16.6 Å². The number of pyridine rings is 2. The molecule has 5 aromatic rings. The lowest BCUT2D eigenvalue weighted by Crippen LogP contribution is -1.88. The SMILES string of the molecule is N#Cc1cc(F)cc(Cl)c1-c1nc2ccncc2s1.c1cc2ncsc2cn1. The van der Waals surface area contributed by atoms with Gasteiger partial charge in [0.15, 0.2) is 0 Å². The summed E-state index contributed by atoms with van der Waals surface area (Å²) in [6, 6.07) is 7.97. The summed E-state index contributed by atoms with van der Waals surface area (Å²) >= 11 is 9.02. The number of benzene rings is 1. The smallest absolute Gasteiger partial charge is 0.127 e. The lowest BCUT2D eigenvalue weighted by atomic mass is 10.1. The van der Waals surface area contributed by atoms with Crippen molar-refractivity contribution in [3.63, 3.8) is 0 Å². The van der Waals surface area contributed by atoms with E-state index in [4.69, 9.17) is 16.9 Å². The molecule has 4 heterocycles. The van der Waals surface area contributed by atoms with Gasteiger partial charge in [-0.1, -0.05) is 11.6 Å². The molecule has 0 unspecified atom stereocenters. The molecule has 28 heavy (non-hydrogen) atoms. The van der Waals surface area contributed by atoms with Crippen LogP contribution in [0.4, 0.5) is 4.39 Å². The molecule has 0 aliphatic carbocycles. The minimum atomic E-state index is -0.534. The molecule has 9 heteroatoms. The fourth-order valence-corrected chi connectivity index (χ4v) is 4.48. The van der Waals surface area contributed by atoms with E-state index in [0.29, 0.717) is 10.6 Å². The summed E-state index contributed by atoms with van der Waals surface area (Å²) < 4.78 is 15.3. The summed E-state index contributed by atoms with van der Waals surface area (Å²) in [6.45, 7) is 0. The van der Waals surface area contributed by atoms with Crippen LogP contribution < -0.4 is 0 Å². The Morgan fingerprint density at radius 3 is 2.50 bits per heavy atom. The number of fused-ring (bicyclic) bond motifs is 2. The van der Waals surface area contributed by atoms with E-state index in [9.17, 15) is 4.39 Å². The van der Waals surface area contributed by atoms with E-state index in [-0.39, 0.29) is 10.6 Å². The van der Waals surface area contributed by atoms with Crippen molar-refractivity contribution in [3.05, 3.63) is 71.0 Å². The highest BCUT2D eigenvalue weighted by molar-refractivity contribution is 7.21. The van der Waals surface area contributed by atoms with Gasteiger partial charge in [-0.15, -0.1) is 22.7 Å². The molecule has 0 atom stereocenters. The normalized spacial score (nSPS) is 10.5. The molecule has 0 aliphatic heterocycles. The number of rotatable bonds is 1. The number of thiazole rings is 2. The monoisotopic (exact) mass is 425 g/mol. The fraction of sp³-hybridized carbons (Fsp3) is 0. The van der Waals surface area contributed by atoms with Crippen molar-refractivity contribution in [1.82, 2.24) is 19.9 Å². The summed E-state index contributed by atoms with van der Waals surface area (Å²) in [7, 11) is 0. The highest BCUT2D eigenvalue weighted by Gasteiger charge is 2.16. The molecule has 136 valence electrons. The first-order valence-electron chi connectivity index (χ1n) is 7.89. The van der Waals surface area contributed by atoms with Crippen molar-refractivity contribution in [2.24, 2.45) is 0 Å². The van der Waals surface area contributed by atoms with Gasteiger partial charge in [0.2, 0.25) is 0 Å². The van der Waals surface area contributed by atoms with Crippen LogP contribution >= 0.6 is 34.3 Å². The van der Waals surface area contributed by atoms with Crippen molar-refractivity contribution in [2.45, 2.75) is 0 Å². The lowest BCUT2D eigenvalue weighted by molar-refractivity contribution is 0.627. The third-order valence-corrected chi connectivity index (χ3v) is 5.82. The van der Waals surface area contributed by atoms with Gasteiger partial charge in [0.05, 0.1) is 36.5 Å². The Kier molecular flexibility index (Phi) is 5.21. The molecule has 0 saturated heterocycles. The average Bonchev–Trinajstić information content (AvgIpc) is 3.34. The van der Waals surface area contributed by atoms with Crippen molar-refractivity contribution in [2.75, 3.05) is 0 Å². The molecule has 0 fully saturated rings. The average molecular weight is 426 g/mol. The van der Waals surface area contributed by atoms with E-state index in [0.717, 1.165) is 26.5 Å². The summed E-state index contributed by atoms with van der Waals surface area (Å²) in [5, 5.41) is 9.86. The molecular formula is C19H9ClFN5S2. The second kappa shape index (κ2) is 7.94. The van der Waals surface area contributed by atoms with E-state index in [1.807, 2.05) is 23.8 Å². The minimum Gasteiger partial charge on any atom is -0.263 e. The van der Waals surface area contributed by atoms with Gasteiger partial charge in [0, 0.05) is 30.4 Å². The predicted molar refractivity (Wildman–Crippen MR) is 110 cm³/mol. The molecule has 0 bridgehead atoms. The topological polar surface area (TPSA) is 75.3 Å². The van der Waals surface area contributed by atoms with Gasteiger partial charge in [-0.3, -0.25) is 9.97 Å². The highest BCUT2D eigenvalue weighted by atomic mass is 35.5. The highest BCUT2D eigenvalue weighted by Crippen LogP contribution is 2.36. The van der Waals surface area contributed by atoms with Crippen LogP contribution in [0.2, 0.25) is 5.02 Å². The third-order valence-electron chi connectivity index (χ3n) is 3.71. The molecule has 0 N–H and O–H groups in total. The molecule has 0 saturated carbocycles. The fourth-order valence-electron chi connectivity index (χ4n) is 2.48. The van der Waals surface area contributed by atoms with Gasteiger partial charge in [-0.25, -0.2) is 14.4 Å². The Bertz CT molecular complexity index is 1260. The first-order valence-corrected chi connectivity index (χ1v) is 9.96. The van der Waals surface area contributed by atoms with Crippen LogP contribution in [-0.4, -0.2) is 19.9 Å². The van der Waals surface area contributed by atoms with Crippen LogP contribution in [0.5, 0.6) is 0 Å². The number of hydrogen-bond acceptors (Lipinski definition) is 7. The van der Waals surface area contributed by atoms with Gasteiger partial charge in [0.1, 0.15) is 16.9 Å². The zero-order chi connectivity index (χ0) is 19.5. The van der Waals surface area contributed by atoms with Crippen molar-refractivity contribution >= 4 is 54.7 Å². The number of halogens is 2. The van der Waals surface area contributed by atoms with E-state index in [2.05, 4.69) is 19.9 Å². The Hall–Kier alpha value is -2.99. The number of nitrogens with zero attached hydrogens (tertiary/aromatic N) is 5. The quantitative estimate of drug-likeness (QED) is 0.343. The van der Waals surface area contributed by atoms with Crippen molar-refractivity contribution in [1.29, 1.82) is 5.26 Å². The summed E-state index contributed by atoms with van der Waals surface area (Å²) in [5.41, 5.74) is 4.28. The minimum absolute atomic E-state index is 0.178. The molecular weight excluding hydrogens is 417 g/mol. The summed E-state index contributed by atoms with van der Waals surface area (Å²) in [5.74, 6) is -0.534. The van der Waals surface area contributed by atoms with Gasteiger partial charge >= 0.3 is 0 Å². The van der Waals surface area contributed by atoms with Gasteiger partial charge in [-0.05, 0) is 24.3 Å². The summed E-state index contributed by atoms with van der Waals surface area (Å²) in [4.78, 5) is 16.5. The zero-order valence-corrected chi connectivity index (χ0v) is 16.4. The molecule has 0 amide bonds. The Morgan fingerprint density at radius 1 is 1.04 bits per heavy atom. The standard InChI is InChI=1S/C13H5ClFN3S.C6H4N2S/c14-9-4-8(15)3-7(5-16)12(9)13-18-10-1-2-17-6-11(10)19-13;1-2-7-3-6-5(1)8-4-9-6/h1-4,6H;1-4H. The van der Waals surface area contributed by atoms with Gasteiger partial charge in [0.25, 0.3) is 0 Å². The number of aromatic nitrogens is 4. The van der Waals surface area contributed by atoms with Crippen LogP contribution in [0.1, 0.15) is 5.56 Å². The maximum atomic E-state index is 13.3. The Morgan fingerprint density at radius 2 is 1.79 bits per heavy atom. The number of hydrogen-bond donors (Lipinski definition) is 0. The van der Waals surface area contributed by atoms with Crippen LogP contribution in [0.25, 0.3) is 31.0 Å². The second-order valence-electron chi connectivity index (χ2n) is 5.48. The lowest BCUT2D eigenvalue weighted by Gasteiger charge is -2.03. The maximum Gasteiger partial charge on any atom is 0.127 e. The maximum absolute atomic E-state index is 13.3. The van der Waals surface area contributed by atoms with Crippen LogP contribution in [0.3, 0.4) is 0 Å². The predicted octanol–water partition coefficient (Wildman–Crippen LogP) is 5.71. The van der Waals surface area contributed by atoms with Gasteiger partial charge < -0.3 is 0 Å².